The summed E-state index contributed by atoms with van der Waals surface area (Å²) in [6.45, 7) is 3.13. The van der Waals surface area contributed by atoms with Gasteiger partial charge in [-0.15, -0.1) is 0 Å². The SMILES string of the molecule is COCCCCN1C(=O)C(C)NC(=O)C1C1CC1. The highest BCUT2D eigenvalue weighted by molar-refractivity contribution is 5.97. The van der Waals surface area contributed by atoms with E-state index in [0.29, 0.717) is 19.1 Å². The van der Waals surface area contributed by atoms with Gasteiger partial charge in [-0.1, -0.05) is 0 Å². The summed E-state index contributed by atoms with van der Waals surface area (Å²) in [5, 5.41) is 2.78. The zero-order valence-electron chi connectivity index (χ0n) is 11.1. The number of carbonyl (C=O) groups excluding carboxylic acids is 2. The van der Waals surface area contributed by atoms with Crippen molar-refractivity contribution in [2.24, 2.45) is 5.92 Å². The van der Waals surface area contributed by atoms with Crippen molar-refractivity contribution in [3.05, 3.63) is 0 Å². The predicted molar refractivity (Wildman–Crippen MR) is 66.9 cm³/mol. The molecule has 1 saturated heterocycles. The van der Waals surface area contributed by atoms with Crippen molar-refractivity contribution in [2.75, 3.05) is 20.3 Å². The average Bonchev–Trinajstić information content (AvgIpc) is 3.14. The minimum absolute atomic E-state index is 0.0244. The number of rotatable bonds is 6. The van der Waals surface area contributed by atoms with E-state index in [1.54, 1.807) is 18.9 Å². The number of piperazine rings is 1. The third-order valence-electron chi connectivity index (χ3n) is 3.68. The molecule has 2 amide bonds. The molecular weight excluding hydrogens is 232 g/mol. The van der Waals surface area contributed by atoms with Crippen LogP contribution in [-0.2, 0) is 14.3 Å². The van der Waals surface area contributed by atoms with Crippen LogP contribution >= 0.6 is 0 Å². The molecule has 1 aliphatic heterocycles. The van der Waals surface area contributed by atoms with Crippen LogP contribution in [-0.4, -0.2) is 49.1 Å². The maximum atomic E-state index is 12.2. The Kier molecular flexibility index (Phi) is 4.22. The molecule has 2 aliphatic rings. The van der Waals surface area contributed by atoms with E-state index < -0.39 is 0 Å². The van der Waals surface area contributed by atoms with Crippen LogP contribution in [0.15, 0.2) is 0 Å². The molecule has 0 radical (unpaired) electrons. The minimum Gasteiger partial charge on any atom is -0.385 e. The molecule has 2 unspecified atom stereocenters. The van der Waals surface area contributed by atoms with Gasteiger partial charge in [-0.2, -0.15) is 0 Å². The summed E-state index contributed by atoms with van der Waals surface area (Å²) in [6, 6.07) is -0.605. The van der Waals surface area contributed by atoms with E-state index in [1.807, 2.05) is 0 Å². The van der Waals surface area contributed by atoms with Crippen LogP contribution in [0, 0.1) is 5.92 Å². The van der Waals surface area contributed by atoms with Crippen LogP contribution in [0.25, 0.3) is 0 Å². The summed E-state index contributed by atoms with van der Waals surface area (Å²) in [5.41, 5.74) is 0. The first kappa shape index (κ1) is 13.3. The van der Waals surface area contributed by atoms with Crippen molar-refractivity contribution in [3.63, 3.8) is 0 Å². The molecule has 5 nitrogen and oxygen atoms in total. The third-order valence-corrected chi connectivity index (χ3v) is 3.68. The maximum Gasteiger partial charge on any atom is 0.245 e. The summed E-state index contributed by atoms with van der Waals surface area (Å²) in [5.74, 6) is 0.462. The van der Waals surface area contributed by atoms with Crippen molar-refractivity contribution in [1.29, 1.82) is 0 Å². The molecule has 0 aromatic heterocycles. The van der Waals surface area contributed by atoms with Crippen molar-refractivity contribution < 1.29 is 14.3 Å². The number of hydrogen-bond donors (Lipinski definition) is 1. The van der Waals surface area contributed by atoms with Gasteiger partial charge in [0.1, 0.15) is 12.1 Å². The van der Waals surface area contributed by atoms with Gasteiger partial charge in [-0.05, 0) is 38.5 Å². The van der Waals surface area contributed by atoms with Crippen LogP contribution in [0.5, 0.6) is 0 Å². The van der Waals surface area contributed by atoms with Gasteiger partial charge in [0, 0.05) is 20.3 Å². The smallest absolute Gasteiger partial charge is 0.245 e. The van der Waals surface area contributed by atoms with Crippen LogP contribution in [0.2, 0.25) is 0 Å². The number of amides is 2. The van der Waals surface area contributed by atoms with Gasteiger partial charge in [-0.3, -0.25) is 9.59 Å². The molecule has 0 spiro atoms. The quantitative estimate of drug-likeness (QED) is 0.704. The average molecular weight is 254 g/mol. The number of nitrogens with zero attached hydrogens (tertiary/aromatic N) is 1. The monoisotopic (exact) mass is 254 g/mol. The molecule has 1 aliphatic carbocycles. The molecule has 1 N–H and O–H groups in total. The van der Waals surface area contributed by atoms with E-state index >= 15 is 0 Å². The van der Waals surface area contributed by atoms with Gasteiger partial charge in [0.05, 0.1) is 0 Å². The van der Waals surface area contributed by atoms with E-state index in [1.165, 1.54) is 0 Å². The fraction of sp³-hybridized carbons (Fsp3) is 0.846. The number of nitrogens with one attached hydrogen (secondary N) is 1. The number of hydrogen-bond acceptors (Lipinski definition) is 3. The van der Waals surface area contributed by atoms with Crippen LogP contribution in [0.4, 0.5) is 0 Å². The molecular formula is C13H22N2O3. The fourth-order valence-corrected chi connectivity index (χ4v) is 2.55. The molecule has 1 saturated carbocycles. The van der Waals surface area contributed by atoms with Crippen LogP contribution in [0.3, 0.4) is 0 Å². The molecule has 5 heteroatoms. The highest BCUT2D eigenvalue weighted by atomic mass is 16.5. The van der Waals surface area contributed by atoms with Gasteiger partial charge in [0.2, 0.25) is 11.8 Å². The molecule has 0 aromatic rings. The Bertz CT molecular complexity index is 328. The number of unbranched alkanes of at least 4 members (excludes halogenated alkanes) is 1. The first-order valence-corrected chi connectivity index (χ1v) is 6.75. The van der Waals surface area contributed by atoms with E-state index in [2.05, 4.69) is 5.32 Å². The molecule has 1 heterocycles. The second-order valence-electron chi connectivity index (χ2n) is 5.24. The standard InChI is InChI=1S/C13H22N2O3/c1-9-13(17)15(7-3-4-8-18-2)11(10-5-6-10)12(16)14-9/h9-11H,3-8H2,1-2H3,(H,14,16). The van der Waals surface area contributed by atoms with Crippen molar-refractivity contribution in [1.82, 2.24) is 10.2 Å². The summed E-state index contributed by atoms with van der Waals surface area (Å²) in [4.78, 5) is 25.9. The normalized spacial score (nSPS) is 28.4. The van der Waals surface area contributed by atoms with Crippen molar-refractivity contribution in [2.45, 2.75) is 44.7 Å². The van der Waals surface area contributed by atoms with Gasteiger partial charge in [0.15, 0.2) is 0 Å². The van der Waals surface area contributed by atoms with E-state index in [9.17, 15) is 9.59 Å². The second-order valence-corrected chi connectivity index (χ2v) is 5.24. The van der Waals surface area contributed by atoms with E-state index in [0.717, 1.165) is 25.7 Å². The molecule has 0 bridgehead atoms. The summed E-state index contributed by atoms with van der Waals surface area (Å²) in [6.07, 6.45) is 3.94. The highest BCUT2D eigenvalue weighted by Gasteiger charge is 2.46. The largest absolute Gasteiger partial charge is 0.385 e. The first-order valence-electron chi connectivity index (χ1n) is 6.75. The predicted octanol–water partition coefficient (Wildman–Crippen LogP) is 0.539. The number of methoxy groups -OCH3 is 1. The van der Waals surface area contributed by atoms with Crippen LogP contribution < -0.4 is 5.32 Å². The Morgan fingerprint density at radius 2 is 2.06 bits per heavy atom. The lowest BCUT2D eigenvalue weighted by Crippen LogP contribution is -2.63. The molecule has 2 atom stereocenters. The van der Waals surface area contributed by atoms with Crippen molar-refractivity contribution >= 4 is 11.8 Å². The fourth-order valence-electron chi connectivity index (χ4n) is 2.55. The molecule has 102 valence electrons. The Labute approximate surface area is 108 Å². The Morgan fingerprint density at radius 1 is 1.33 bits per heavy atom. The number of ether oxygens (including phenoxy) is 1. The molecule has 0 aromatic carbocycles. The number of carbonyl (C=O) groups is 2. The van der Waals surface area contributed by atoms with Crippen LogP contribution in [0.1, 0.15) is 32.6 Å². The zero-order chi connectivity index (χ0) is 13.1. The van der Waals surface area contributed by atoms with Crippen molar-refractivity contribution in [3.8, 4) is 0 Å². The molecule has 18 heavy (non-hydrogen) atoms. The Hall–Kier alpha value is -1.10. The summed E-state index contributed by atoms with van der Waals surface area (Å²) in [7, 11) is 1.68. The first-order chi connectivity index (χ1) is 8.65. The van der Waals surface area contributed by atoms with Gasteiger partial charge >= 0.3 is 0 Å². The third kappa shape index (κ3) is 2.83. The highest BCUT2D eigenvalue weighted by Crippen LogP contribution is 2.37. The lowest BCUT2D eigenvalue weighted by atomic mass is 10.0. The van der Waals surface area contributed by atoms with Gasteiger partial charge in [0.25, 0.3) is 0 Å². The molecule has 2 fully saturated rings. The summed E-state index contributed by atoms with van der Waals surface area (Å²) >= 11 is 0. The second kappa shape index (κ2) is 5.69. The maximum absolute atomic E-state index is 12.2. The lowest BCUT2D eigenvalue weighted by Gasteiger charge is -2.38. The van der Waals surface area contributed by atoms with E-state index in [4.69, 9.17) is 4.74 Å². The lowest BCUT2D eigenvalue weighted by molar-refractivity contribution is -0.149. The van der Waals surface area contributed by atoms with Gasteiger partial charge < -0.3 is 15.0 Å². The molecule has 2 rings (SSSR count). The van der Waals surface area contributed by atoms with E-state index in [-0.39, 0.29) is 23.9 Å². The zero-order valence-corrected chi connectivity index (χ0v) is 11.1. The Morgan fingerprint density at radius 3 is 2.67 bits per heavy atom. The Balaban J connectivity index is 1.96. The van der Waals surface area contributed by atoms with Gasteiger partial charge in [-0.25, -0.2) is 0 Å². The summed E-state index contributed by atoms with van der Waals surface area (Å²) < 4.78 is 5.00. The minimum atomic E-state index is -0.380. The topological polar surface area (TPSA) is 58.6 Å².